The van der Waals surface area contributed by atoms with E-state index in [9.17, 15) is 9.59 Å². The minimum atomic E-state index is -0.343. The fraction of sp³-hybridized carbons (Fsp3) is 0.440. The van der Waals surface area contributed by atoms with Crippen molar-refractivity contribution in [1.82, 2.24) is 4.90 Å². The minimum absolute atomic E-state index is 0.0337. The largest absolute Gasteiger partial charge is 0.484 e. The number of aryl methyl sites for hydroxylation is 2. The lowest BCUT2D eigenvalue weighted by molar-refractivity contribution is -0.139. The monoisotopic (exact) mass is 423 g/mol. The Bertz CT molecular complexity index is 924. The van der Waals surface area contributed by atoms with Gasteiger partial charge >= 0.3 is 0 Å². The van der Waals surface area contributed by atoms with Gasteiger partial charge in [-0.25, -0.2) is 0 Å². The Balaban J connectivity index is 1.48. The standard InChI is InChI=1S/C25H33N3O3/c1-18-6-11-22(16-19(18)2)31-17-23(29)26-20-7-9-21(10-8-20)27-12-14-28(15-13-27)24(30)25(3,4)5/h6-11,16H,12-15,17H2,1-5H3,(H,26,29). The van der Waals surface area contributed by atoms with Crippen LogP contribution < -0.4 is 15.0 Å². The highest BCUT2D eigenvalue weighted by molar-refractivity contribution is 5.92. The summed E-state index contributed by atoms with van der Waals surface area (Å²) in [4.78, 5) is 28.9. The second kappa shape index (κ2) is 9.41. The maximum atomic E-state index is 12.4. The molecule has 6 heteroatoms. The summed E-state index contributed by atoms with van der Waals surface area (Å²) in [7, 11) is 0. The Morgan fingerprint density at radius 1 is 0.935 bits per heavy atom. The van der Waals surface area contributed by atoms with E-state index in [1.54, 1.807) is 0 Å². The Kier molecular flexibility index (Phi) is 6.88. The highest BCUT2D eigenvalue weighted by atomic mass is 16.5. The minimum Gasteiger partial charge on any atom is -0.484 e. The molecular weight excluding hydrogens is 390 g/mol. The maximum absolute atomic E-state index is 12.4. The van der Waals surface area contributed by atoms with Gasteiger partial charge in [0, 0.05) is 43.0 Å². The zero-order valence-corrected chi connectivity index (χ0v) is 19.2. The lowest BCUT2D eigenvalue weighted by Gasteiger charge is -2.38. The summed E-state index contributed by atoms with van der Waals surface area (Å²) in [5, 5.41) is 2.87. The van der Waals surface area contributed by atoms with Gasteiger partial charge in [-0.3, -0.25) is 9.59 Å². The Morgan fingerprint density at radius 3 is 2.16 bits per heavy atom. The average molecular weight is 424 g/mol. The molecule has 1 aliphatic heterocycles. The summed E-state index contributed by atoms with van der Waals surface area (Å²) >= 11 is 0. The molecule has 0 aliphatic carbocycles. The molecular formula is C25H33N3O3. The maximum Gasteiger partial charge on any atom is 0.262 e. The number of benzene rings is 2. The third-order valence-electron chi connectivity index (χ3n) is 5.57. The quantitative estimate of drug-likeness (QED) is 0.789. The third kappa shape index (κ3) is 6.00. The first-order chi connectivity index (χ1) is 14.6. The van der Waals surface area contributed by atoms with Crippen molar-refractivity contribution in [3.63, 3.8) is 0 Å². The number of nitrogens with zero attached hydrogens (tertiary/aromatic N) is 2. The van der Waals surface area contributed by atoms with Crippen LogP contribution in [0.25, 0.3) is 0 Å². The first-order valence-corrected chi connectivity index (χ1v) is 10.8. The molecule has 2 aromatic rings. The van der Waals surface area contributed by atoms with Crippen LogP contribution >= 0.6 is 0 Å². The molecule has 0 aromatic heterocycles. The second-order valence-electron chi connectivity index (χ2n) is 9.16. The van der Waals surface area contributed by atoms with Crippen molar-refractivity contribution < 1.29 is 14.3 Å². The Morgan fingerprint density at radius 2 is 1.58 bits per heavy atom. The van der Waals surface area contributed by atoms with Gasteiger partial charge in [0.15, 0.2) is 6.61 Å². The van der Waals surface area contributed by atoms with Gasteiger partial charge in [0.2, 0.25) is 5.91 Å². The van der Waals surface area contributed by atoms with Crippen LogP contribution in [-0.2, 0) is 9.59 Å². The van der Waals surface area contributed by atoms with E-state index >= 15 is 0 Å². The van der Waals surface area contributed by atoms with Crippen molar-refractivity contribution in [2.45, 2.75) is 34.6 Å². The van der Waals surface area contributed by atoms with E-state index in [0.29, 0.717) is 5.75 Å². The molecule has 31 heavy (non-hydrogen) atoms. The highest BCUT2D eigenvalue weighted by Gasteiger charge is 2.29. The second-order valence-corrected chi connectivity index (χ2v) is 9.16. The number of rotatable bonds is 5. The van der Waals surface area contributed by atoms with E-state index in [-0.39, 0.29) is 23.8 Å². The van der Waals surface area contributed by atoms with Crippen molar-refractivity contribution in [3.8, 4) is 5.75 Å². The molecule has 0 radical (unpaired) electrons. The molecule has 2 aromatic carbocycles. The van der Waals surface area contributed by atoms with Crippen molar-refractivity contribution in [1.29, 1.82) is 0 Å². The summed E-state index contributed by atoms with van der Waals surface area (Å²) in [6.07, 6.45) is 0. The molecule has 1 heterocycles. The molecule has 0 atom stereocenters. The van der Waals surface area contributed by atoms with Crippen LogP contribution in [0, 0.1) is 19.3 Å². The summed E-state index contributed by atoms with van der Waals surface area (Å²) in [6.45, 7) is 13.0. The van der Waals surface area contributed by atoms with Gasteiger partial charge in [-0.2, -0.15) is 0 Å². The van der Waals surface area contributed by atoms with E-state index in [1.807, 2.05) is 82.0 Å². The van der Waals surface area contributed by atoms with Crippen LogP contribution in [0.1, 0.15) is 31.9 Å². The van der Waals surface area contributed by atoms with Crippen LogP contribution in [0.5, 0.6) is 5.75 Å². The van der Waals surface area contributed by atoms with Gasteiger partial charge in [-0.1, -0.05) is 26.8 Å². The van der Waals surface area contributed by atoms with Crippen molar-refractivity contribution >= 4 is 23.2 Å². The summed E-state index contributed by atoms with van der Waals surface area (Å²) in [6, 6.07) is 13.6. The number of anilines is 2. The number of hydrogen-bond acceptors (Lipinski definition) is 4. The van der Waals surface area contributed by atoms with Crippen molar-refractivity contribution in [2.75, 3.05) is 43.0 Å². The number of carbonyl (C=O) groups excluding carboxylic acids is 2. The van der Waals surface area contributed by atoms with Gasteiger partial charge < -0.3 is 19.9 Å². The molecule has 0 unspecified atom stereocenters. The van der Waals surface area contributed by atoms with Crippen LogP contribution in [-0.4, -0.2) is 49.5 Å². The molecule has 1 N–H and O–H groups in total. The molecule has 0 saturated carbocycles. The summed E-state index contributed by atoms with van der Waals surface area (Å²) in [5.74, 6) is 0.700. The van der Waals surface area contributed by atoms with E-state index in [1.165, 1.54) is 5.56 Å². The number of nitrogens with one attached hydrogen (secondary N) is 1. The third-order valence-corrected chi connectivity index (χ3v) is 5.57. The van der Waals surface area contributed by atoms with Gasteiger partial charge in [0.25, 0.3) is 5.91 Å². The molecule has 1 fully saturated rings. The Labute approximate surface area is 185 Å². The van der Waals surface area contributed by atoms with E-state index in [2.05, 4.69) is 10.2 Å². The normalized spacial score (nSPS) is 14.4. The van der Waals surface area contributed by atoms with Gasteiger partial charge in [-0.15, -0.1) is 0 Å². The van der Waals surface area contributed by atoms with Crippen LogP contribution in [0.15, 0.2) is 42.5 Å². The lowest BCUT2D eigenvalue weighted by Crippen LogP contribution is -2.51. The zero-order chi connectivity index (χ0) is 22.6. The topological polar surface area (TPSA) is 61.9 Å². The average Bonchev–Trinajstić information content (AvgIpc) is 2.74. The molecule has 6 nitrogen and oxygen atoms in total. The van der Waals surface area contributed by atoms with Gasteiger partial charge in [0.1, 0.15) is 5.75 Å². The van der Waals surface area contributed by atoms with E-state index in [4.69, 9.17) is 4.74 Å². The molecule has 3 rings (SSSR count). The smallest absolute Gasteiger partial charge is 0.262 e. The number of ether oxygens (including phenoxy) is 1. The van der Waals surface area contributed by atoms with Crippen molar-refractivity contribution in [3.05, 3.63) is 53.6 Å². The molecule has 0 bridgehead atoms. The van der Waals surface area contributed by atoms with E-state index in [0.717, 1.165) is 43.1 Å². The number of piperazine rings is 1. The van der Waals surface area contributed by atoms with Crippen LogP contribution in [0.4, 0.5) is 11.4 Å². The number of carbonyl (C=O) groups is 2. The summed E-state index contributed by atoms with van der Waals surface area (Å²) < 4.78 is 5.60. The first kappa shape index (κ1) is 22.7. The van der Waals surface area contributed by atoms with Crippen LogP contribution in [0.2, 0.25) is 0 Å². The Hall–Kier alpha value is -3.02. The molecule has 2 amide bonds. The molecule has 0 spiro atoms. The van der Waals surface area contributed by atoms with E-state index < -0.39 is 0 Å². The van der Waals surface area contributed by atoms with Crippen molar-refractivity contribution in [2.24, 2.45) is 5.41 Å². The summed E-state index contributed by atoms with van der Waals surface area (Å²) in [5.41, 5.74) is 3.81. The molecule has 1 aliphatic rings. The predicted octanol–water partition coefficient (Wildman–Crippen LogP) is 4.02. The first-order valence-electron chi connectivity index (χ1n) is 10.8. The SMILES string of the molecule is Cc1ccc(OCC(=O)Nc2ccc(N3CCN(C(=O)C(C)(C)C)CC3)cc2)cc1C. The number of amides is 2. The number of hydrogen-bond donors (Lipinski definition) is 1. The molecule has 1 saturated heterocycles. The zero-order valence-electron chi connectivity index (χ0n) is 19.2. The van der Waals surface area contributed by atoms with Crippen LogP contribution in [0.3, 0.4) is 0 Å². The van der Waals surface area contributed by atoms with Gasteiger partial charge in [-0.05, 0) is 61.4 Å². The fourth-order valence-corrected chi connectivity index (χ4v) is 3.55. The molecule has 166 valence electrons. The van der Waals surface area contributed by atoms with Gasteiger partial charge in [0.05, 0.1) is 0 Å². The fourth-order valence-electron chi connectivity index (χ4n) is 3.55. The highest BCUT2D eigenvalue weighted by Crippen LogP contribution is 2.23. The lowest BCUT2D eigenvalue weighted by atomic mass is 9.94. The predicted molar refractivity (Wildman–Crippen MR) is 125 cm³/mol.